The number of hydrogen-bond acceptors (Lipinski definition) is 2. The predicted octanol–water partition coefficient (Wildman–Crippen LogP) is 2.16. The van der Waals surface area contributed by atoms with E-state index in [1.54, 1.807) is 14.0 Å². The van der Waals surface area contributed by atoms with Crippen LogP contribution in [0.2, 0.25) is 0 Å². The highest BCUT2D eigenvalue weighted by molar-refractivity contribution is 5.32. The quantitative estimate of drug-likeness (QED) is 0.799. The molecule has 1 atom stereocenters. The van der Waals surface area contributed by atoms with Crippen LogP contribution in [0.15, 0.2) is 18.2 Å². The molecule has 0 aromatic heterocycles. The van der Waals surface area contributed by atoms with Crippen LogP contribution in [0.3, 0.4) is 0 Å². The van der Waals surface area contributed by atoms with Gasteiger partial charge in [0.05, 0.1) is 6.61 Å². The molecule has 0 heterocycles. The zero-order chi connectivity index (χ0) is 10.8. The molecule has 2 nitrogen and oxygen atoms in total. The normalized spacial score (nSPS) is 15.2. The summed E-state index contributed by atoms with van der Waals surface area (Å²) in [5, 5.41) is 10.1. The highest BCUT2D eigenvalue weighted by Gasteiger charge is 2.23. The first-order valence-electron chi connectivity index (χ1n) is 4.76. The van der Waals surface area contributed by atoms with Crippen molar-refractivity contribution in [3.8, 4) is 0 Å². The molecule has 2 heteroatoms. The molecule has 1 unspecified atom stereocenters. The van der Waals surface area contributed by atoms with Crippen molar-refractivity contribution in [2.24, 2.45) is 0 Å². The van der Waals surface area contributed by atoms with Gasteiger partial charge in [-0.15, -0.1) is 0 Å². The maximum atomic E-state index is 10.1. The van der Waals surface area contributed by atoms with Crippen LogP contribution in [-0.2, 0) is 10.3 Å². The number of methoxy groups -OCH3 is 1. The number of benzene rings is 1. The van der Waals surface area contributed by atoms with Gasteiger partial charge in [0.15, 0.2) is 0 Å². The number of aliphatic hydroxyl groups is 1. The topological polar surface area (TPSA) is 29.5 Å². The van der Waals surface area contributed by atoms with Gasteiger partial charge in [-0.3, -0.25) is 0 Å². The molecule has 0 bridgehead atoms. The minimum atomic E-state index is -0.897. The predicted molar refractivity (Wildman–Crippen MR) is 57.4 cm³/mol. The van der Waals surface area contributed by atoms with Crippen LogP contribution >= 0.6 is 0 Å². The van der Waals surface area contributed by atoms with Gasteiger partial charge >= 0.3 is 0 Å². The second-order valence-corrected chi connectivity index (χ2v) is 4.08. The van der Waals surface area contributed by atoms with Gasteiger partial charge in [-0.1, -0.05) is 29.3 Å². The summed E-state index contributed by atoms with van der Waals surface area (Å²) in [6.45, 7) is 6.14. The lowest BCUT2D eigenvalue weighted by atomic mass is 9.94. The Morgan fingerprint density at radius 1 is 1.21 bits per heavy atom. The van der Waals surface area contributed by atoms with Crippen LogP contribution in [0.5, 0.6) is 0 Å². The molecule has 0 aliphatic rings. The van der Waals surface area contributed by atoms with Crippen molar-refractivity contribution in [1.82, 2.24) is 0 Å². The summed E-state index contributed by atoms with van der Waals surface area (Å²) in [7, 11) is 1.59. The summed E-state index contributed by atoms with van der Waals surface area (Å²) < 4.78 is 4.99. The van der Waals surface area contributed by atoms with Crippen molar-refractivity contribution in [2.75, 3.05) is 13.7 Å². The van der Waals surface area contributed by atoms with Crippen molar-refractivity contribution >= 4 is 0 Å². The van der Waals surface area contributed by atoms with Gasteiger partial charge in [0.2, 0.25) is 0 Å². The summed E-state index contributed by atoms with van der Waals surface area (Å²) in [5.74, 6) is 0. The average molecular weight is 194 g/mol. The third-order valence-corrected chi connectivity index (χ3v) is 2.27. The molecule has 0 saturated carbocycles. The molecule has 0 amide bonds. The Kier molecular flexibility index (Phi) is 3.29. The molecule has 0 radical (unpaired) electrons. The molecule has 0 saturated heterocycles. The van der Waals surface area contributed by atoms with Gasteiger partial charge in [0.1, 0.15) is 5.60 Å². The van der Waals surface area contributed by atoms with E-state index < -0.39 is 5.60 Å². The Bertz CT molecular complexity index is 296. The molecule has 14 heavy (non-hydrogen) atoms. The van der Waals surface area contributed by atoms with Gasteiger partial charge in [-0.25, -0.2) is 0 Å². The summed E-state index contributed by atoms with van der Waals surface area (Å²) in [6.07, 6.45) is 0. The first-order valence-corrected chi connectivity index (χ1v) is 4.76. The van der Waals surface area contributed by atoms with Crippen LogP contribution in [0.4, 0.5) is 0 Å². The Morgan fingerprint density at radius 3 is 2.14 bits per heavy atom. The van der Waals surface area contributed by atoms with Gasteiger partial charge in [-0.05, 0) is 26.3 Å². The number of hydrogen-bond donors (Lipinski definition) is 1. The maximum absolute atomic E-state index is 10.1. The third-order valence-electron chi connectivity index (χ3n) is 2.27. The summed E-state index contributed by atoms with van der Waals surface area (Å²) in [6, 6.07) is 6.07. The second-order valence-electron chi connectivity index (χ2n) is 4.08. The van der Waals surface area contributed by atoms with Gasteiger partial charge in [0, 0.05) is 7.11 Å². The monoisotopic (exact) mass is 194 g/mol. The van der Waals surface area contributed by atoms with Gasteiger partial charge < -0.3 is 9.84 Å². The molecule has 0 spiro atoms. The Hall–Kier alpha value is -0.860. The van der Waals surface area contributed by atoms with Gasteiger partial charge in [0.25, 0.3) is 0 Å². The lowest BCUT2D eigenvalue weighted by molar-refractivity contribution is -0.0208. The number of ether oxygens (including phenoxy) is 1. The Morgan fingerprint density at radius 2 is 1.71 bits per heavy atom. The standard InChI is InChI=1S/C12H18O2/c1-9-5-10(2)7-11(6-9)12(3,13)8-14-4/h5-7,13H,8H2,1-4H3. The molecule has 78 valence electrons. The lowest BCUT2D eigenvalue weighted by Gasteiger charge is -2.23. The molecule has 0 aliphatic heterocycles. The fourth-order valence-corrected chi connectivity index (χ4v) is 1.65. The fraction of sp³-hybridized carbons (Fsp3) is 0.500. The van der Waals surface area contributed by atoms with E-state index in [0.29, 0.717) is 6.61 Å². The average Bonchev–Trinajstić information content (AvgIpc) is 2.02. The van der Waals surface area contributed by atoms with Crippen LogP contribution in [0.1, 0.15) is 23.6 Å². The Labute approximate surface area is 85.5 Å². The van der Waals surface area contributed by atoms with Gasteiger partial charge in [-0.2, -0.15) is 0 Å². The Balaban J connectivity index is 3.05. The van der Waals surface area contributed by atoms with Crippen molar-refractivity contribution in [1.29, 1.82) is 0 Å². The van der Waals surface area contributed by atoms with Crippen molar-refractivity contribution in [2.45, 2.75) is 26.4 Å². The summed E-state index contributed by atoms with van der Waals surface area (Å²) in [4.78, 5) is 0. The van der Waals surface area contributed by atoms with Crippen LogP contribution in [0, 0.1) is 13.8 Å². The summed E-state index contributed by atoms with van der Waals surface area (Å²) >= 11 is 0. The molecule has 1 rings (SSSR count). The third kappa shape index (κ3) is 2.56. The van der Waals surface area contributed by atoms with Crippen LogP contribution in [-0.4, -0.2) is 18.8 Å². The van der Waals surface area contributed by atoms with Crippen molar-refractivity contribution in [3.63, 3.8) is 0 Å². The minimum Gasteiger partial charge on any atom is -0.383 e. The van der Waals surface area contributed by atoms with E-state index in [2.05, 4.69) is 6.07 Å². The highest BCUT2D eigenvalue weighted by atomic mass is 16.5. The van der Waals surface area contributed by atoms with E-state index in [0.717, 1.165) is 16.7 Å². The van der Waals surface area contributed by atoms with Crippen molar-refractivity contribution in [3.05, 3.63) is 34.9 Å². The SMILES string of the molecule is COCC(C)(O)c1cc(C)cc(C)c1. The highest BCUT2D eigenvalue weighted by Crippen LogP contribution is 2.23. The second kappa shape index (κ2) is 4.11. The molecular formula is C12H18O2. The molecule has 0 aliphatic carbocycles. The van der Waals surface area contributed by atoms with E-state index in [1.165, 1.54) is 0 Å². The minimum absolute atomic E-state index is 0.315. The molecular weight excluding hydrogens is 176 g/mol. The maximum Gasteiger partial charge on any atom is 0.110 e. The van der Waals surface area contributed by atoms with Crippen molar-refractivity contribution < 1.29 is 9.84 Å². The molecule has 1 aromatic carbocycles. The molecule has 1 aromatic rings. The van der Waals surface area contributed by atoms with E-state index in [1.807, 2.05) is 26.0 Å². The van der Waals surface area contributed by atoms with E-state index in [4.69, 9.17) is 4.74 Å². The number of aryl methyl sites for hydroxylation is 2. The molecule has 0 fully saturated rings. The first kappa shape index (κ1) is 11.2. The van der Waals surface area contributed by atoms with Crippen LogP contribution < -0.4 is 0 Å². The smallest absolute Gasteiger partial charge is 0.110 e. The first-order chi connectivity index (χ1) is 6.45. The lowest BCUT2D eigenvalue weighted by Crippen LogP contribution is -2.27. The fourth-order valence-electron chi connectivity index (χ4n) is 1.65. The van der Waals surface area contributed by atoms with E-state index in [-0.39, 0.29) is 0 Å². The van der Waals surface area contributed by atoms with E-state index >= 15 is 0 Å². The zero-order valence-corrected chi connectivity index (χ0v) is 9.29. The molecule has 1 N–H and O–H groups in total. The van der Waals surface area contributed by atoms with E-state index in [9.17, 15) is 5.11 Å². The number of rotatable bonds is 3. The summed E-state index contributed by atoms with van der Waals surface area (Å²) in [5.41, 5.74) is 2.34. The van der Waals surface area contributed by atoms with Crippen LogP contribution in [0.25, 0.3) is 0 Å². The zero-order valence-electron chi connectivity index (χ0n) is 9.29. The largest absolute Gasteiger partial charge is 0.383 e.